The third-order valence-electron chi connectivity index (χ3n) is 4.40. The van der Waals surface area contributed by atoms with Gasteiger partial charge < -0.3 is 15.2 Å². The minimum atomic E-state index is -0.794. The molecule has 0 aromatic heterocycles. The molecule has 1 unspecified atom stereocenters. The molecule has 1 fully saturated rings. The van der Waals surface area contributed by atoms with Gasteiger partial charge in [-0.05, 0) is 43.4 Å². The van der Waals surface area contributed by atoms with E-state index in [2.05, 4.69) is 5.32 Å². The van der Waals surface area contributed by atoms with Crippen LogP contribution in [0.3, 0.4) is 0 Å². The number of nitrogens with one attached hydrogen (secondary N) is 1. The number of carbonyl (C=O) groups is 2. The highest BCUT2D eigenvalue weighted by Crippen LogP contribution is 2.32. The van der Waals surface area contributed by atoms with Crippen LogP contribution in [-0.4, -0.2) is 24.1 Å². The Balaban J connectivity index is 1.97. The second-order valence-electron chi connectivity index (χ2n) is 5.79. The van der Waals surface area contributed by atoms with Crippen LogP contribution in [0.2, 0.25) is 0 Å². The van der Waals surface area contributed by atoms with Crippen molar-refractivity contribution in [1.82, 2.24) is 5.32 Å². The molecule has 1 aromatic rings. The SMILES string of the molecule is CCC(NC(=O)[C@@H]1CC[C@H](C(=O)O)C1)c1ccc(OC)cc1. The fourth-order valence-corrected chi connectivity index (χ4v) is 2.99. The van der Waals surface area contributed by atoms with Crippen LogP contribution in [0.4, 0.5) is 0 Å². The molecule has 2 N–H and O–H groups in total. The number of hydrogen-bond acceptors (Lipinski definition) is 3. The van der Waals surface area contributed by atoms with Crippen molar-refractivity contribution in [3.63, 3.8) is 0 Å². The maximum Gasteiger partial charge on any atom is 0.306 e. The number of hydrogen-bond donors (Lipinski definition) is 2. The van der Waals surface area contributed by atoms with Gasteiger partial charge in [0.2, 0.25) is 5.91 Å². The monoisotopic (exact) mass is 305 g/mol. The summed E-state index contributed by atoms with van der Waals surface area (Å²) < 4.78 is 5.14. The normalized spacial score (nSPS) is 22.1. The summed E-state index contributed by atoms with van der Waals surface area (Å²) in [5.74, 6) is -0.612. The van der Waals surface area contributed by atoms with E-state index >= 15 is 0 Å². The summed E-state index contributed by atoms with van der Waals surface area (Å²) in [7, 11) is 1.62. The van der Waals surface area contributed by atoms with E-state index in [1.54, 1.807) is 7.11 Å². The predicted octanol–water partition coefficient (Wildman–Crippen LogP) is 2.76. The molecule has 3 atom stereocenters. The second kappa shape index (κ2) is 7.29. The molecule has 0 spiro atoms. The summed E-state index contributed by atoms with van der Waals surface area (Å²) in [4.78, 5) is 23.3. The Morgan fingerprint density at radius 2 is 1.91 bits per heavy atom. The molecule has 0 bridgehead atoms. The summed E-state index contributed by atoms with van der Waals surface area (Å²) in [6.07, 6.45) is 2.47. The van der Waals surface area contributed by atoms with E-state index < -0.39 is 5.97 Å². The van der Waals surface area contributed by atoms with Crippen molar-refractivity contribution < 1.29 is 19.4 Å². The van der Waals surface area contributed by atoms with Gasteiger partial charge in [-0.1, -0.05) is 19.1 Å². The lowest BCUT2D eigenvalue weighted by molar-refractivity contribution is -0.141. The molecule has 22 heavy (non-hydrogen) atoms. The van der Waals surface area contributed by atoms with Crippen molar-refractivity contribution in [3.05, 3.63) is 29.8 Å². The van der Waals surface area contributed by atoms with Crippen LogP contribution < -0.4 is 10.1 Å². The smallest absolute Gasteiger partial charge is 0.306 e. The Bertz CT molecular complexity index is 526. The molecule has 5 nitrogen and oxygen atoms in total. The van der Waals surface area contributed by atoms with Gasteiger partial charge in [-0.15, -0.1) is 0 Å². The molecule has 1 aromatic carbocycles. The molecular weight excluding hydrogens is 282 g/mol. The molecule has 5 heteroatoms. The molecule has 1 amide bonds. The Labute approximate surface area is 130 Å². The lowest BCUT2D eigenvalue weighted by Crippen LogP contribution is -2.33. The number of carbonyl (C=O) groups excluding carboxylic acids is 1. The summed E-state index contributed by atoms with van der Waals surface area (Å²) in [6, 6.07) is 7.59. The van der Waals surface area contributed by atoms with Gasteiger partial charge >= 0.3 is 5.97 Å². The third kappa shape index (κ3) is 3.78. The van der Waals surface area contributed by atoms with Crippen molar-refractivity contribution in [1.29, 1.82) is 0 Å². The molecule has 1 aliphatic carbocycles. The molecule has 0 saturated heterocycles. The van der Waals surface area contributed by atoms with Crippen molar-refractivity contribution in [3.8, 4) is 5.75 Å². The molecule has 0 heterocycles. The van der Waals surface area contributed by atoms with Gasteiger partial charge in [-0.2, -0.15) is 0 Å². The minimum Gasteiger partial charge on any atom is -0.497 e. The number of carboxylic acids is 1. The summed E-state index contributed by atoms with van der Waals surface area (Å²) in [5, 5.41) is 12.1. The highest BCUT2D eigenvalue weighted by Gasteiger charge is 2.34. The molecule has 1 aliphatic rings. The standard InChI is InChI=1S/C17H23NO4/c1-3-15(11-6-8-14(22-2)9-7-11)18-16(19)12-4-5-13(10-12)17(20)21/h6-9,12-13,15H,3-5,10H2,1-2H3,(H,18,19)(H,20,21)/t12-,13+,15?/m1/s1. The van der Waals surface area contributed by atoms with Crippen LogP contribution in [0.15, 0.2) is 24.3 Å². The van der Waals surface area contributed by atoms with Gasteiger partial charge in [0.15, 0.2) is 0 Å². The topological polar surface area (TPSA) is 75.6 Å². The number of aliphatic carboxylic acids is 1. The van der Waals surface area contributed by atoms with Gasteiger partial charge in [0.05, 0.1) is 19.1 Å². The Morgan fingerprint density at radius 3 is 2.41 bits per heavy atom. The first-order valence-electron chi connectivity index (χ1n) is 7.72. The lowest BCUT2D eigenvalue weighted by atomic mass is 10.0. The van der Waals surface area contributed by atoms with Gasteiger partial charge in [0, 0.05) is 5.92 Å². The van der Waals surface area contributed by atoms with Crippen LogP contribution >= 0.6 is 0 Å². The van der Waals surface area contributed by atoms with E-state index in [0.717, 1.165) is 17.7 Å². The van der Waals surface area contributed by atoms with Crippen molar-refractivity contribution in [2.24, 2.45) is 11.8 Å². The van der Waals surface area contributed by atoms with Gasteiger partial charge in [-0.3, -0.25) is 9.59 Å². The number of rotatable bonds is 6. The Kier molecular flexibility index (Phi) is 5.41. The number of ether oxygens (including phenoxy) is 1. The zero-order chi connectivity index (χ0) is 16.1. The number of methoxy groups -OCH3 is 1. The summed E-state index contributed by atoms with van der Waals surface area (Å²) in [5.41, 5.74) is 1.03. The van der Waals surface area contributed by atoms with E-state index in [9.17, 15) is 9.59 Å². The Hall–Kier alpha value is -2.04. The molecule has 2 rings (SSSR count). The zero-order valence-corrected chi connectivity index (χ0v) is 13.0. The number of amides is 1. The number of benzene rings is 1. The summed E-state index contributed by atoms with van der Waals surface area (Å²) >= 11 is 0. The van der Waals surface area contributed by atoms with Crippen molar-refractivity contribution in [2.45, 2.75) is 38.6 Å². The fourth-order valence-electron chi connectivity index (χ4n) is 2.99. The van der Waals surface area contributed by atoms with Crippen LogP contribution in [0.1, 0.15) is 44.2 Å². The van der Waals surface area contributed by atoms with Crippen LogP contribution in [-0.2, 0) is 9.59 Å². The summed E-state index contributed by atoms with van der Waals surface area (Å²) in [6.45, 7) is 2.02. The first kappa shape index (κ1) is 16.3. The highest BCUT2D eigenvalue weighted by molar-refractivity contribution is 5.81. The lowest BCUT2D eigenvalue weighted by Gasteiger charge is -2.20. The maximum absolute atomic E-state index is 12.4. The largest absolute Gasteiger partial charge is 0.497 e. The minimum absolute atomic E-state index is 0.0357. The fraction of sp³-hybridized carbons (Fsp3) is 0.529. The van der Waals surface area contributed by atoms with Crippen LogP contribution in [0.25, 0.3) is 0 Å². The molecule has 0 aliphatic heterocycles. The second-order valence-corrected chi connectivity index (χ2v) is 5.79. The number of carboxylic acid groups (broad SMARTS) is 1. The van der Waals surface area contributed by atoms with E-state index in [-0.39, 0.29) is 23.8 Å². The van der Waals surface area contributed by atoms with E-state index in [0.29, 0.717) is 19.3 Å². The van der Waals surface area contributed by atoms with Gasteiger partial charge in [0.1, 0.15) is 5.75 Å². The average Bonchev–Trinajstić information content (AvgIpc) is 3.03. The first-order valence-corrected chi connectivity index (χ1v) is 7.72. The highest BCUT2D eigenvalue weighted by atomic mass is 16.5. The predicted molar refractivity (Wildman–Crippen MR) is 82.6 cm³/mol. The zero-order valence-electron chi connectivity index (χ0n) is 13.0. The molecular formula is C17H23NO4. The van der Waals surface area contributed by atoms with Crippen molar-refractivity contribution in [2.75, 3.05) is 7.11 Å². The quantitative estimate of drug-likeness (QED) is 0.847. The van der Waals surface area contributed by atoms with Gasteiger partial charge in [-0.25, -0.2) is 0 Å². The molecule has 1 saturated carbocycles. The molecule has 120 valence electrons. The average molecular weight is 305 g/mol. The van der Waals surface area contributed by atoms with E-state index in [1.165, 1.54) is 0 Å². The third-order valence-corrected chi connectivity index (χ3v) is 4.40. The maximum atomic E-state index is 12.4. The van der Waals surface area contributed by atoms with E-state index in [4.69, 9.17) is 9.84 Å². The van der Waals surface area contributed by atoms with Crippen molar-refractivity contribution >= 4 is 11.9 Å². The first-order chi connectivity index (χ1) is 10.5. The Morgan fingerprint density at radius 1 is 1.27 bits per heavy atom. The van der Waals surface area contributed by atoms with Crippen LogP contribution in [0, 0.1) is 11.8 Å². The van der Waals surface area contributed by atoms with Gasteiger partial charge in [0.25, 0.3) is 0 Å². The van der Waals surface area contributed by atoms with E-state index in [1.807, 2.05) is 31.2 Å². The molecule has 0 radical (unpaired) electrons. The van der Waals surface area contributed by atoms with Crippen LogP contribution in [0.5, 0.6) is 5.75 Å².